The summed E-state index contributed by atoms with van der Waals surface area (Å²) in [7, 11) is 2.08. The molecule has 3 rings (SSSR count). The van der Waals surface area contributed by atoms with Crippen molar-refractivity contribution in [2.75, 3.05) is 17.7 Å². The van der Waals surface area contributed by atoms with Crippen LogP contribution in [0.5, 0.6) is 0 Å². The third-order valence-electron chi connectivity index (χ3n) is 3.78. The Balaban J connectivity index is 2.24. The van der Waals surface area contributed by atoms with E-state index in [2.05, 4.69) is 54.2 Å². The molecule has 0 atom stereocenters. The van der Waals surface area contributed by atoms with Crippen LogP contribution in [0.2, 0.25) is 0 Å². The first-order valence-electron chi connectivity index (χ1n) is 7.02. The van der Waals surface area contributed by atoms with Crippen molar-refractivity contribution in [2.45, 2.75) is 13.8 Å². The number of hydrogen-bond donors (Lipinski definition) is 1. The second-order valence-electron chi connectivity index (χ2n) is 5.40. The van der Waals surface area contributed by atoms with Gasteiger partial charge < -0.3 is 10.6 Å². The molecule has 0 aliphatic rings. The van der Waals surface area contributed by atoms with Gasteiger partial charge in [0.05, 0.1) is 11.2 Å². The van der Waals surface area contributed by atoms with E-state index in [1.54, 1.807) is 0 Å². The number of nitrogens with zero attached hydrogens (tertiary/aromatic N) is 2. The van der Waals surface area contributed by atoms with E-state index in [0.717, 1.165) is 28.0 Å². The van der Waals surface area contributed by atoms with Crippen LogP contribution >= 0.6 is 0 Å². The maximum absolute atomic E-state index is 5.95. The molecule has 0 saturated carbocycles. The van der Waals surface area contributed by atoms with Crippen LogP contribution in [0.25, 0.3) is 10.9 Å². The second kappa shape index (κ2) is 5.09. The summed E-state index contributed by atoms with van der Waals surface area (Å²) in [6.07, 6.45) is 0. The number of fused-ring (bicyclic) bond motifs is 1. The quantitative estimate of drug-likeness (QED) is 0.714. The first kappa shape index (κ1) is 13.4. The average Bonchev–Trinajstić information content (AvgIpc) is 2.47. The normalized spacial score (nSPS) is 10.8. The lowest BCUT2D eigenvalue weighted by molar-refractivity contribution is 1.17. The number of aryl methyl sites for hydroxylation is 2. The summed E-state index contributed by atoms with van der Waals surface area (Å²) in [5, 5.41) is 1.08. The number of nitrogen functional groups attached to an aromatic ring is 1. The van der Waals surface area contributed by atoms with Crippen molar-refractivity contribution in [3.63, 3.8) is 0 Å². The molecule has 3 nitrogen and oxygen atoms in total. The SMILES string of the molecule is Cc1cc(N(C)c2ccccc2C)c2cc(N)ccc2n1. The fraction of sp³-hybridized carbons (Fsp3) is 0.167. The zero-order valence-electron chi connectivity index (χ0n) is 12.6. The van der Waals surface area contributed by atoms with Crippen LogP contribution in [0.1, 0.15) is 11.3 Å². The highest BCUT2D eigenvalue weighted by atomic mass is 15.1. The van der Waals surface area contributed by atoms with Crippen molar-refractivity contribution in [3.8, 4) is 0 Å². The smallest absolute Gasteiger partial charge is 0.0727 e. The molecule has 3 heteroatoms. The number of pyridine rings is 1. The van der Waals surface area contributed by atoms with E-state index < -0.39 is 0 Å². The molecular weight excluding hydrogens is 258 g/mol. The highest BCUT2D eigenvalue weighted by Gasteiger charge is 2.12. The Labute approximate surface area is 125 Å². The molecule has 0 radical (unpaired) electrons. The van der Waals surface area contributed by atoms with Crippen molar-refractivity contribution in [1.29, 1.82) is 0 Å². The fourth-order valence-electron chi connectivity index (χ4n) is 2.70. The summed E-state index contributed by atoms with van der Waals surface area (Å²) in [5.41, 5.74) is 12.2. The first-order valence-corrected chi connectivity index (χ1v) is 7.02. The molecule has 0 aliphatic heterocycles. The van der Waals surface area contributed by atoms with E-state index in [4.69, 9.17) is 5.73 Å². The highest BCUT2D eigenvalue weighted by molar-refractivity contribution is 5.95. The number of nitrogens with two attached hydrogens (primary N) is 1. The Morgan fingerprint density at radius 2 is 1.71 bits per heavy atom. The van der Waals surface area contributed by atoms with E-state index in [9.17, 15) is 0 Å². The lowest BCUT2D eigenvalue weighted by Gasteiger charge is -2.23. The topological polar surface area (TPSA) is 42.1 Å². The molecular formula is C18H19N3. The molecule has 21 heavy (non-hydrogen) atoms. The van der Waals surface area contributed by atoms with Gasteiger partial charge in [0, 0.05) is 29.5 Å². The molecule has 0 bridgehead atoms. The lowest BCUT2D eigenvalue weighted by Crippen LogP contribution is -2.12. The van der Waals surface area contributed by atoms with E-state index in [1.165, 1.54) is 11.3 Å². The maximum atomic E-state index is 5.95. The minimum absolute atomic E-state index is 0.757. The van der Waals surface area contributed by atoms with E-state index in [1.807, 2.05) is 25.1 Å². The Morgan fingerprint density at radius 3 is 2.48 bits per heavy atom. The van der Waals surface area contributed by atoms with Crippen LogP contribution in [0, 0.1) is 13.8 Å². The summed E-state index contributed by atoms with van der Waals surface area (Å²) in [6, 6.07) is 16.3. The molecule has 2 aromatic carbocycles. The molecule has 0 spiro atoms. The fourth-order valence-corrected chi connectivity index (χ4v) is 2.70. The minimum atomic E-state index is 0.757. The molecule has 0 saturated heterocycles. The summed E-state index contributed by atoms with van der Waals surface area (Å²) in [4.78, 5) is 6.79. The Bertz CT molecular complexity index is 809. The van der Waals surface area contributed by atoms with Crippen molar-refractivity contribution in [2.24, 2.45) is 0 Å². The first-order chi connectivity index (χ1) is 10.1. The van der Waals surface area contributed by atoms with Crippen molar-refractivity contribution >= 4 is 28.0 Å². The molecule has 0 unspecified atom stereocenters. The lowest BCUT2D eigenvalue weighted by atomic mass is 10.1. The van der Waals surface area contributed by atoms with Gasteiger partial charge in [-0.1, -0.05) is 18.2 Å². The second-order valence-corrected chi connectivity index (χ2v) is 5.40. The average molecular weight is 277 g/mol. The summed E-state index contributed by atoms with van der Waals surface area (Å²) < 4.78 is 0. The van der Waals surface area contributed by atoms with Gasteiger partial charge in [0.2, 0.25) is 0 Å². The van der Waals surface area contributed by atoms with Crippen LogP contribution in [-0.4, -0.2) is 12.0 Å². The number of benzene rings is 2. The van der Waals surface area contributed by atoms with Crippen molar-refractivity contribution in [3.05, 3.63) is 59.8 Å². The van der Waals surface area contributed by atoms with E-state index >= 15 is 0 Å². The monoisotopic (exact) mass is 277 g/mol. The van der Waals surface area contributed by atoms with Gasteiger partial charge in [0.25, 0.3) is 0 Å². The largest absolute Gasteiger partial charge is 0.399 e. The number of anilines is 3. The minimum Gasteiger partial charge on any atom is -0.399 e. The molecule has 1 heterocycles. The Hall–Kier alpha value is -2.55. The van der Waals surface area contributed by atoms with Crippen LogP contribution < -0.4 is 10.6 Å². The van der Waals surface area contributed by atoms with Gasteiger partial charge in [-0.2, -0.15) is 0 Å². The van der Waals surface area contributed by atoms with Crippen LogP contribution in [-0.2, 0) is 0 Å². The van der Waals surface area contributed by atoms with Gasteiger partial charge >= 0.3 is 0 Å². The molecule has 106 valence electrons. The Kier molecular flexibility index (Phi) is 3.26. The van der Waals surface area contributed by atoms with Gasteiger partial charge in [-0.15, -0.1) is 0 Å². The standard InChI is InChI=1S/C18H19N3/c1-12-6-4-5-7-17(12)21(3)18-10-13(2)20-16-9-8-14(19)11-15(16)18/h4-11H,19H2,1-3H3. The molecule has 0 amide bonds. The van der Waals surface area contributed by atoms with Crippen molar-refractivity contribution in [1.82, 2.24) is 4.98 Å². The number of aromatic nitrogens is 1. The molecule has 3 aromatic rings. The zero-order valence-corrected chi connectivity index (χ0v) is 12.6. The van der Waals surface area contributed by atoms with Gasteiger partial charge in [-0.3, -0.25) is 4.98 Å². The summed E-state index contributed by atoms with van der Waals surface area (Å²) in [5.74, 6) is 0. The van der Waals surface area contributed by atoms with Gasteiger partial charge in [0.1, 0.15) is 0 Å². The number of hydrogen-bond acceptors (Lipinski definition) is 3. The third-order valence-corrected chi connectivity index (χ3v) is 3.78. The molecule has 2 N–H and O–H groups in total. The molecule has 0 fully saturated rings. The zero-order chi connectivity index (χ0) is 15.0. The molecule has 1 aromatic heterocycles. The predicted molar refractivity (Wildman–Crippen MR) is 90.1 cm³/mol. The van der Waals surface area contributed by atoms with Crippen LogP contribution in [0.4, 0.5) is 17.1 Å². The highest BCUT2D eigenvalue weighted by Crippen LogP contribution is 2.33. The predicted octanol–water partition coefficient (Wildman–Crippen LogP) is 4.20. The molecule has 0 aliphatic carbocycles. The van der Waals surface area contributed by atoms with Crippen LogP contribution in [0.15, 0.2) is 48.5 Å². The van der Waals surface area contributed by atoms with E-state index in [-0.39, 0.29) is 0 Å². The number of para-hydroxylation sites is 1. The Morgan fingerprint density at radius 1 is 0.952 bits per heavy atom. The van der Waals surface area contributed by atoms with Gasteiger partial charge in [-0.25, -0.2) is 0 Å². The van der Waals surface area contributed by atoms with Gasteiger partial charge in [-0.05, 0) is 49.7 Å². The maximum Gasteiger partial charge on any atom is 0.0727 e. The van der Waals surface area contributed by atoms with Crippen LogP contribution in [0.3, 0.4) is 0 Å². The number of rotatable bonds is 2. The van der Waals surface area contributed by atoms with Gasteiger partial charge in [0.15, 0.2) is 0 Å². The summed E-state index contributed by atoms with van der Waals surface area (Å²) in [6.45, 7) is 4.14. The van der Waals surface area contributed by atoms with Crippen molar-refractivity contribution < 1.29 is 0 Å². The third kappa shape index (κ3) is 2.42. The summed E-state index contributed by atoms with van der Waals surface area (Å²) >= 11 is 0. The van der Waals surface area contributed by atoms with E-state index in [0.29, 0.717) is 0 Å².